The maximum Gasteiger partial charge on any atom is 0.225 e. The van der Waals surface area contributed by atoms with Crippen molar-refractivity contribution in [2.45, 2.75) is 12.5 Å². The number of anilines is 2. The summed E-state index contributed by atoms with van der Waals surface area (Å²) < 4.78 is 0. The zero-order valence-corrected chi connectivity index (χ0v) is 12.3. The normalized spacial score (nSPS) is 24.4. The number of aromatic nitrogens is 3. The molecule has 6 heteroatoms. The molecule has 108 valence electrons. The van der Waals surface area contributed by atoms with Crippen LogP contribution in [0.3, 0.4) is 0 Å². The van der Waals surface area contributed by atoms with Crippen molar-refractivity contribution in [1.82, 2.24) is 15.0 Å². The number of pyridine rings is 1. The molecule has 2 aromatic rings. The van der Waals surface area contributed by atoms with Crippen LogP contribution in [0, 0.1) is 5.92 Å². The fourth-order valence-corrected chi connectivity index (χ4v) is 3.49. The third kappa shape index (κ3) is 2.31. The average Bonchev–Trinajstić information content (AvgIpc) is 3.09. The molecule has 0 aliphatic carbocycles. The zero-order valence-electron chi connectivity index (χ0n) is 11.6. The highest BCUT2D eigenvalue weighted by atomic mass is 35.5. The minimum atomic E-state index is 0.466. The van der Waals surface area contributed by atoms with E-state index in [1.807, 2.05) is 18.3 Å². The van der Waals surface area contributed by atoms with Crippen LogP contribution in [-0.4, -0.2) is 40.6 Å². The molecule has 2 atom stereocenters. The fourth-order valence-electron chi connectivity index (χ4n) is 3.39. The molecule has 0 bridgehead atoms. The first-order chi connectivity index (χ1) is 10.3. The van der Waals surface area contributed by atoms with Gasteiger partial charge >= 0.3 is 0 Å². The van der Waals surface area contributed by atoms with E-state index >= 15 is 0 Å². The molecule has 4 heterocycles. The number of hydrogen-bond acceptors (Lipinski definition) is 5. The summed E-state index contributed by atoms with van der Waals surface area (Å²) in [5, 5.41) is 0.580. The Morgan fingerprint density at radius 3 is 2.71 bits per heavy atom. The maximum atomic E-state index is 5.87. The Morgan fingerprint density at radius 2 is 1.95 bits per heavy atom. The highest BCUT2D eigenvalue weighted by molar-refractivity contribution is 6.30. The summed E-state index contributed by atoms with van der Waals surface area (Å²) in [5.41, 5.74) is 0. The van der Waals surface area contributed by atoms with Crippen molar-refractivity contribution < 1.29 is 0 Å². The van der Waals surface area contributed by atoms with E-state index in [1.165, 1.54) is 6.42 Å². The van der Waals surface area contributed by atoms with E-state index in [4.69, 9.17) is 11.6 Å². The molecule has 2 aliphatic heterocycles. The van der Waals surface area contributed by atoms with Gasteiger partial charge in [-0.2, -0.15) is 0 Å². The highest BCUT2D eigenvalue weighted by Gasteiger charge is 2.42. The molecule has 0 aromatic carbocycles. The largest absolute Gasteiger partial charge is 0.354 e. The van der Waals surface area contributed by atoms with Gasteiger partial charge in [-0.1, -0.05) is 17.7 Å². The summed E-state index contributed by atoms with van der Waals surface area (Å²) in [6, 6.07) is 6.53. The topological polar surface area (TPSA) is 45.2 Å². The van der Waals surface area contributed by atoms with Crippen LogP contribution in [0.5, 0.6) is 0 Å². The smallest absolute Gasteiger partial charge is 0.225 e. The molecule has 4 rings (SSSR count). The van der Waals surface area contributed by atoms with Gasteiger partial charge in [0.25, 0.3) is 0 Å². The summed E-state index contributed by atoms with van der Waals surface area (Å²) in [6.45, 7) is 3.06. The summed E-state index contributed by atoms with van der Waals surface area (Å²) in [7, 11) is 0. The van der Waals surface area contributed by atoms with Crippen molar-refractivity contribution in [3.8, 4) is 0 Å². The van der Waals surface area contributed by atoms with E-state index in [0.717, 1.165) is 31.4 Å². The number of hydrogen-bond donors (Lipinski definition) is 0. The van der Waals surface area contributed by atoms with Gasteiger partial charge < -0.3 is 9.80 Å². The van der Waals surface area contributed by atoms with Gasteiger partial charge in [-0.15, -0.1) is 0 Å². The quantitative estimate of drug-likeness (QED) is 0.851. The first-order valence-corrected chi connectivity index (χ1v) is 7.59. The van der Waals surface area contributed by atoms with Crippen LogP contribution in [0.1, 0.15) is 6.42 Å². The second kappa shape index (κ2) is 5.15. The van der Waals surface area contributed by atoms with Gasteiger partial charge in [-0.05, 0) is 18.6 Å². The lowest BCUT2D eigenvalue weighted by molar-refractivity contribution is 0.577. The minimum Gasteiger partial charge on any atom is -0.354 e. The molecule has 2 aliphatic rings. The van der Waals surface area contributed by atoms with E-state index in [-0.39, 0.29) is 0 Å². The van der Waals surface area contributed by atoms with E-state index in [9.17, 15) is 0 Å². The van der Waals surface area contributed by atoms with Crippen molar-refractivity contribution in [1.29, 1.82) is 0 Å². The summed E-state index contributed by atoms with van der Waals surface area (Å²) in [6.07, 6.45) is 6.37. The molecular weight excluding hydrogens is 286 g/mol. The van der Waals surface area contributed by atoms with E-state index in [0.29, 0.717) is 17.0 Å². The van der Waals surface area contributed by atoms with Gasteiger partial charge in [0.1, 0.15) is 5.82 Å². The lowest BCUT2D eigenvalue weighted by Gasteiger charge is -2.25. The first-order valence-electron chi connectivity index (χ1n) is 7.21. The van der Waals surface area contributed by atoms with E-state index in [2.05, 4.69) is 30.8 Å². The number of rotatable bonds is 2. The monoisotopic (exact) mass is 301 g/mol. The third-order valence-corrected chi connectivity index (χ3v) is 4.58. The molecule has 0 spiro atoms. The molecule has 2 unspecified atom stereocenters. The molecule has 0 radical (unpaired) electrons. The van der Waals surface area contributed by atoms with Crippen molar-refractivity contribution in [2.75, 3.05) is 29.4 Å². The maximum absolute atomic E-state index is 5.87. The predicted octanol–water partition coefficient (Wildman–Crippen LogP) is 2.24. The number of fused-ring (bicyclic) bond motifs is 1. The number of halogens is 1. The SMILES string of the molecule is Clc1cnc(N2CCC3CN(c4ccccn4)CC32)nc1. The van der Waals surface area contributed by atoms with Gasteiger partial charge in [0.2, 0.25) is 5.95 Å². The molecular formula is C15H16ClN5. The van der Waals surface area contributed by atoms with Gasteiger partial charge in [0, 0.05) is 31.7 Å². The fraction of sp³-hybridized carbons (Fsp3) is 0.400. The predicted molar refractivity (Wildman–Crippen MR) is 82.7 cm³/mol. The Hall–Kier alpha value is -1.88. The lowest BCUT2D eigenvalue weighted by Crippen LogP contribution is -2.36. The Bertz CT molecular complexity index is 618. The molecule has 2 aromatic heterocycles. The third-order valence-electron chi connectivity index (χ3n) is 4.38. The highest BCUT2D eigenvalue weighted by Crippen LogP contribution is 2.35. The Balaban J connectivity index is 1.55. The first kappa shape index (κ1) is 12.8. The van der Waals surface area contributed by atoms with E-state index in [1.54, 1.807) is 12.4 Å². The summed E-state index contributed by atoms with van der Waals surface area (Å²) in [4.78, 5) is 17.9. The molecule has 0 N–H and O–H groups in total. The van der Waals surface area contributed by atoms with Crippen molar-refractivity contribution in [2.24, 2.45) is 5.92 Å². The molecule has 5 nitrogen and oxygen atoms in total. The Kier molecular flexibility index (Phi) is 3.15. The van der Waals surface area contributed by atoms with Crippen LogP contribution in [0.2, 0.25) is 5.02 Å². The Morgan fingerprint density at radius 1 is 1.10 bits per heavy atom. The standard InChI is InChI=1S/C15H16ClN5/c16-12-7-18-15(19-8-12)21-6-4-11-9-20(10-13(11)21)14-3-1-2-5-17-14/h1-3,5,7-8,11,13H,4,6,9-10H2. The van der Waals surface area contributed by atoms with Crippen LogP contribution in [0.25, 0.3) is 0 Å². The number of nitrogens with zero attached hydrogens (tertiary/aromatic N) is 5. The second-order valence-electron chi connectivity index (χ2n) is 5.60. The molecule has 2 fully saturated rings. The van der Waals surface area contributed by atoms with Crippen LogP contribution in [-0.2, 0) is 0 Å². The molecule has 0 saturated carbocycles. The van der Waals surface area contributed by atoms with Crippen molar-refractivity contribution in [3.05, 3.63) is 41.8 Å². The second-order valence-corrected chi connectivity index (χ2v) is 6.04. The van der Waals surface area contributed by atoms with E-state index < -0.39 is 0 Å². The summed E-state index contributed by atoms with van der Waals surface area (Å²) >= 11 is 5.87. The van der Waals surface area contributed by atoms with Crippen molar-refractivity contribution >= 4 is 23.4 Å². The van der Waals surface area contributed by atoms with Crippen LogP contribution >= 0.6 is 11.6 Å². The van der Waals surface area contributed by atoms with Gasteiger partial charge in [-0.3, -0.25) is 0 Å². The molecule has 2 saturated heterocycles. The molecule has 21 heavy (non-hydrogen) atoms. The van der Waals surface area contributed by atoms with Crippen LogP contribution < -0.4 is 9.80 Å². The lowest BCUT2D eigenvalue weighted by atomic mass is 10.1. The van der Waals surface area contributed by atoms with Gasteiger partial charge in [0.15, 0.2) is 0 Å². The minimum absolute atomic E-state index is 0.466. The molecule has 0 amide bonds. The van der Waals surface area contributed by atoms with Gasteiger partial charge in [0.05, 0.1) is 23.5 Å². The van der Waals surface area contributed by atoms with Crippen molar-refractivity contribution in [3.63, 3.8) is 0 Å². The average molecular weight is 302 g/mol. The van der Waals surface area contributed by atoms with Crippen LogP contribution in [0.4, 0.5) is 11.8 Å². The summed E-state index contributed by atoms with van der Waals surface area (Å²) in [5.74, 6) is 2.50. The van der Waals surface area contributed by atoms with Crippen LogP contribution in [0.15, 0.2) is 36.8 Å². The van der Waals surface area contributed by atoms with Gasteiger partial charge in [-0.25, -0.2) is 15.0 Å². The zero-order chi connectivity index (χ0) is 14.2. The Labute approximate surface area is 128 Å².